The highest BCUT2D eigenvalue weighted by molar-refractivity contribution is 8.01. The van der Waals surface area contributed by atoms with E-state index in [1.807, 2.05) is 16.8 Å². The highest BCUT2D eigenvalue weighted by Gasteiger charge is 2.48. The minimum absolute atomic E-state index is 0.0183. The number of imidazole rings is 1. The van der Waals surface area contributed by atoms with Crippen molar-refractivity contribution in [3.63, 3.8) is 0 Å². The lowest BCUT2D eigenvalue weighted by atomic mass is 9.91. The standard InChI is InChI=1S/C22H19ClF2N2OS/c1-2-8-22(13-27-10-9-26-14-27)21(16-11-15(24)6-7-20(16)29-22)28-12-17-18(23)4-3-5-19(17)25/h2-7,9-11,14,21H,1,8,12-13H2. The van der Waals surface area contributed by atoms with E-state index in [0.29, 0.717) is 23.6 Å². The zero-order chi connectivity index (χ0) is 20.4. The highest BCUT2D eigenvalue weighted by Crippen LogP contribution is 2.57. The normalized spacial score (nSPS) is 20.6. The lowest BCUT2D eigenvalue weighted by Gasteiger charge is -2.34. The van der Waals surface area contributed by atoms with E-state index in [4.69, 9.17) is 16.3 Å². The smallest absolute Gasteiger partial charge is 0.130 e. The summed E-state index contributed by atoms with van der Waals surface area (Å²) in [5.41, 5.74) is 1.04. The molecule has 0 aliphatic carbocycles. The quantitative estimate of drug-likeness (QED) is 0.416. The summed E-state index contributed by atoms with van der Waals surface area (Å²) < 4.78 is 36.1. The Kier molecular flexibility index (Phi) is 5.76. The average molecular weight is 433 g/mol. The van der Waals surface area contributed by atoms with Gasteiger partial charge in [-0.15, -0.1) is 18.3 Å². The molecule has 1 aromatic heterocycles. The predicted octanol–water partition coefficient (Wildman–Crippen LogP) is 6.19. The molecule has 0 saturated carbocycles. The third-order valence-electron chi connectivity index (χ3n) is 5.00. The second kappa shape index (κ2) is 8.30. The highest BCUT2D eigenvalue weighted by atomic mass is 35.5. The maximum atomic E-state index is 14.3. The molecule has 2 atom stereocenters. The van der Waals surface area contributed by atoms with Crippen LogP contribution in [0.3, 0.4) is 0 Å². The fourth-order valence-electron chi connectivity index (χ4n) is 3.71. The molecule has 29 heavy (non-hydrogen) atoms. The van der Waals surface area contributed by atoms with Crippen LogP contribution in [-0.4, -0.2) is 14.3 Å². The predicted molar refractivity (Wildman–Crippen MR) is 111 cm³/mol. The number of halogens is 3. The molecular weight excluding hydrogens is 414 g/mol. The Morgan fingerprint density at radius 2 is 2.17 bits per heavy atom. The van der Waals surface area contributed by atoms with Crippen molar-refractivity contribution in [3.05, 3.63) is 95.6 Å². The molecule has 3 aromatic rings. The van der Waals surface area contributed by atoms with Crippen LogP contribution in [0.5, 0.6) is 0 Å². The summed E-state index contributed by atoms with van der Waals surface area (Å²) in [6, 6.07) is 9.23. The van der Waals surface area contributed by atoms with Crippen LogP contribution in [0.25, 0.3) is 0 Å². The molecule has 2 aromatic carbocycles. The van der Waals surface area contributed by atoms with Crippen LogP contribution in [0.4, 0.5) is 8.78 Å². The van der Waals surface area contributed by atoms with Crippen molar-refractivity contribution >= 4 is 23.4 Å². The molecule has 0 radical (unpaired) electrons. The molecule has 0 fully saturated rings. The first kappa shape index (κ1) is 20.1. The molecule has 0 spiro atoms. The topological polar surface area (TPSA) is 27.1 Å². The van der Waals surface area contributed by atoms with Gasteiger partial charge < -0.3 is 9.30 Å². The second-order valence-electron chi connectivity index (χ2n) is 6.97. The van der Waals surface area contributed by atoms with E-state index >= 15 is 0 Å². The lowest BCUT2D eigenvalue weighted by Crippen LogP contribution is -2.35. The summed E-state index contributed by atoms with van der Waals surface area (Å²) >= 11 is 7.80. The van der Waals surface area contributed by atoms with Crippen molar-refractivity contribution in [2.24, 2.45) is 0 Å². The van der Waals surface area contributed by atoms with E-state index in [1.165, 1.54) is 18.2 Å². The molecular formula is C22H19ClF2N2OS. The molecule has 2 heterocycles. The molecule has 1 aliphatic rings. The van der Waals surface area contributed by atoms with Gasteiger partial charge in [0.25, 0.3) is 0 Å². The van der Waals surface area contributed by atoms with Crippen LogP contribution in [-0.2, 0) is 17.9 Å². The maximum Gasteiger partial charge on any atom is 0.130 e. The number of hydrogen-bond acceptors (Lipinski definition) is 3. The summed E-state index contributed by atoms with van der Waals surface area (Å²) in [5, 5.41) is 0.305. The van der Waals surface area contributed by atoms with Gasteiger partial charge in [0.2, 0.25) is 0 Å². The maximum absolute atomic E-state index is 14.3. The van der Waals surface area contributed by atoms with Crippen LogP contribution in [0.1, 0.15) is 23.7 Å². The summed E-state index contributed by atoms with van der Waals surface area (Å²) in [4.78, 5) is 5.06. The lowest BCUT2D eigenvalue weighted by molar-refractivity contribution is 0.00850. The number of benzene rings is 2. The van der Waals surface area contributed by atoms with Crippen molar-refractivity contribution in [2.75, 3.05) is 0 Å². The van der Waals surface area contributed by atoms with Gasteiger partial charge in [-0.1, -0.05) is 23.7 Å². The van der Waals surface area contributed by atoms with E-state index in [-0.39, 0.29) is 12.4 Å². The van der Waals surface area contributed by atoms with Crippen LogP contribution in [0, 0.1) is 11.6 Å². The molecule has 0 saturated heterocycles. The van der Waals surface area contributed by atoms with E-state index in [2.05, 4.69) is 11.6 Å². The van der Waals surface area contributed by atoms with Gasteiger partial charge in [-0.25, -0.2) is 13.8 Å². The van der Waals surface area contributed by atoms with Gasteiger partial charge in [0, 0.05) is 34.4 Å². The number of thioether (sulfide) groups is 1. The Hall–Kier alpha value is -2.15. The molecule has 4 rings (SSSR count). The van der Waals surface area contributed by atoms with Crippen LogP contribution in [0.2, 0.25) is 5.02 Å². The van der Waals surface area contributed by atoms with Crippen molar-refractivity contribution in [1.29, 1.82) is 0 Å². The van der Waals surface area contributed by atoms with Gasteiger partial charge in [0.15, 0.2) is 0 Å². The summed E-state index contributed by atoms with van der Waals surface area (Å²) in [6.07, 6.45) is 7.29. The number of fused-ring (bicyclic) bond motifs is 1. The van der Waals surface area contributed by atoms with Crippen molar-refractivity contribution in [2.45, 2.75) is 35.3 Å². The van der Waals surface area contributed by atoms with Crippen LogP contribution >= 0.6 is 23.4 Å². The molecule has 150 valence electrons. The fraction of sp³-hybridized carbons (Fsp3) is 0.227. The Morgan fingerprint density at radius 3 is 2.90 bits per heavy atom. The third-order valence-corrected chi connectivity index (χ3v) is 6.86. The summed E-state index contributed by atoms with van der Waals surface area (Å²) in [6.45, 7) is 4.47. The summed E-state index contributed by atoms with van der Waals surface area (Å²) in [7, 11) is 0. The second-order valence-corrected chi connectivity index (χ2v) is 8.83. The molecule has 3 nitrogen and oxygen atoms in total. The first-order valence-electron chi connectivity index (χ1n) is 9.12. The van der Waals surface area contributed by atoms with Crippen molar-refractivity contribution in [1.82, 2.24) is 9.55 Å². The molecule has 0 N–H and O–H groups in total. The molecule has 7 heteroatoms. The Bertz CT molecular complexity index is 1010. The zero-order valence-corrected chi connectivity index (χ0v) is 17.1. The van der Waals surface area contributed by atoms with E-state index in [1.54, 1.807) is 42.5 Å². The SMILES string of the molecule is C=CCC1(Cn2ccnc2)Sc2ccc(F)cc2C1OCc1c(F)cccc1Cl. The molecule has 0 amide bonds. The Morgan fingerprint density at radius 1 is 1.31 bits per heavy atom. The minimum atomic E-state index is -0.478. The van der Waals surface area contributed by atoms with Gasteiger partial charge in [-0.3, -0.25) is 0 Å². The minimum Gasteiger partial charge on any atom is -0.367 e. The number of ether oxygens (including phenoxy) is 1. The largest absolute Gasteiger partial charge is 0.367 e. The van der Waals surface area contributed by atoms with E-state index in [0.717, 1.165) is 10.5 Å². The van der Waals surface area contributed by atoms with Crippen LogP contribution < -0.4 is 0 Å². The number of nitrogens with zero attached hydrogens (tertiary/aromatic N) is 2. The summed E-state index contributed by atoms with van der Waals surface area (Å²) in [5.74, 6) is -0.759. The van der Waals surface area contributed by atoms with Gasteiger partial charge in [0.05, 0.1) is 17.7 Å². The van der Waals surface area contributed by atoms with Gasteiger partial charge in [-0.05, 0) is 42.3 Å². The van der Waals surface area contributed by atoms with Crippen molar-refractivity contribution in [3.8, 4) is 0 Å². The average Bonchev–Trinajstić information content (AvgIpc) is 3.28. The van der Waals surface area contributed by atoms with E-state index < -0.39 is 16.7 Å². The molecule has 2 unspecified atom stereocenters. The molecule has 0 bridgehead atoms. The first-order valence-corrected chi connectivity index (χ1v) is 10.3. The number of aromatic nitrogens is 2. The van der Waals surface area contributed by atoms with Gasteiger partial charge >= 0.3 is 0 Å². The monoisotopic (exact) mass is 432 g/mol. The zero-order valence-electron chi connectivity index (χ0n) is 15.5. The third kappa shape index (κ3) is 3.97. The van der Waals surface area contributed by atoms with Crippen molar-refractivity contribution < 1.29 is 13.5 Å². The Labute approximate surface area is 177 Å². The Balaban J connectivity index is 1.72. The first-order chi connectivity index (χ1) is 14.0. The van der Waals surface area contributed by atoms with E-state index in [9.17, 15) is 8.78 Å². The van der Waals surface area contributed by atoms with Gasteiger partial charge in [-0.2, -0.15) is 0 Å². The number of allylic oxidation sites excluding steroid dienone is 1. The fourth-order valence-corrected chi connectivity index (χ4v) is 5.51. The molecule has 1 aliphatic heterocycles. The number of hydrogen-bond donors (Lipinski definition) is 0. The number of rotatable bonds is 7. The van der Waals surface area contributed by atoms with Crippen LogP contribution in [0.15, 0.2) is 72.7 Å². The van der Waals surface area contributed by atoms with Gasteiger partial charge in [0.1, 0.15) is 17.7 Å².